The zero-order chi connectivity index (χ0) is 19.1. The standard InChI is InChI=1S/C14H27F3N4O3S.HI/c1-4-18-13(19-6-5-14(15,16)17)20-7-8-25(22,23)21-9-11(2)24-12(3)10-21;/h11-12H,4-10H2,1-3H3,(H2,18,19,20);1H. The molecule has 0 aromatic carbocycles. The fourth-order valence-electron chi connectivity index (χ4n) is 2.42. The van der Waals surface area contributed by atoms with Crippen LogP contribution in [-0.2, 0) is 14.8 Å². The first-order valence-electron chi connectivity index (χ1n) is 8.25. The van der Waals surface area contributed by atoms with Gasteiger partial charge < -0.3 is 15.4 Å². The number of rotatable bonds is 7. The van der Waals surface area contributed by atoms with Crippen molar-refractivity contribution in [3.8, 4) is 0 Å². The number of alkyl halides is 3. The number of aliphatic imine (C=N–C) groups is 1. The Morgan fingerprint density at radius 2 is 1.81 bits per heavy atom. The van der Waals surface area contributed by atoms with Gasteiger partial charge in [0.1, 0.15) is 0 Å². The minimum Gasteiger partial charge on any atom is -0.373 e. The maximum absolute atomic E-state index is 12.4. The molecule has 156 valence electrons. The van der Waals surface area contributed by atoms with Gasteiger partial charge in [0, 0.05) is 26.2 Å². The van der Waals surface area contributed by atoms with Crippen molar-refractivity contribution in [2.45, 2.75) is 45.6 Å². The van der Waals surface area contributed by atoms with E-state index in [1.165, 1.54) is 4.31 Å². The van der Waals surface area contributed by atoms with E-state index in [2.05, 4.69) is 15.6 Å². The summed E-state index contributed by atoms with van der Waals surface area (Å²) in [5, 5.41) is 5.55. The number of halogens is 4. The summed E-state index contributed by atoms with van der Waals surface area (Å²) < 4.78 is 68.2. The van der Waals surface area contributed by atoms with Crippen LogP contribution in [0.25, 0.3) is 0 Å². The zero-order valence-electron chi connectivity index (χ0n) is 15.2. The first-order valence-corrected chi connectivity index (χ1v) is 9.86. The van der Waals surface area contributed by atoms with E-state index in [0.717, 1.165) is 0 Å². The number of nitrogens with zero attached hydrogens (tertiary/aromatic N) is 2. The van der Waals surface area contributed by atoms with Gasteiger partial charge in [-0.2, -0.15) is 17.5 Å². The van der Waals surface area contributed by atoms with Crippen molar-refractivity contribution in [2.24, 2.45) is 4.99 Å². The first-order chi connectivity index (χ1) is 11.5. The van der Waals surface area contributed by atoms with Gasteiger partial charge in [0.15, 0.2) is 5.96 Å². The zero-order valence-corrected chi connectivity index (χ0v) is 18.3. The largest absolute Gasteiger partial charge is 0.390 e. The molecule has 0 amide bonds. The third kappa shape index (κ3) is 10.1. The topological polar surface area (TPSA) is 83.0 Å². The molecule has 1 rings (SSSR count). The third-order valence-electron chi connectivity index (χ3n) is 3.44. The number of ether oxygens (including phenoxy) is 1. The van der Waals surface area contributed by atoms with Gasteiger partial charge in [-0.3, -0.25) is 4.99 Å². The second-order valence-corrected chi connectivity index (χ2v) is 8.03. The molecular weight excluding hydrogens is 488 g/mol. The fourth-order valence-corrected chi connectivity index (χ4v) is 3.91. The number of guanidine groups is 1. The molecule has 2 unspecified atom stereocenters. The summed E-state index contributed by atoms with van der Waals surface area (Å²) in [7, 11) is -3.48. The van der Waals surface area contributed by atoms with Crippen molar-refractivity contribution in [3.05, 3.63) is 0 Å². The van der Waals surface area contributed by atoms with Crippen LogP contribution < -0.4 is 10.6 Å². The highest BCUT2D eigenvalue weighted by Gasteiger charge is 2.30. The Morgan fingerprint density at radius 3 is 2.31 bits per heavy atom. The summed E-state index contributed by atoms with van der Waals surface area (Å²) in [5.41, 5.74) is 0. The quantitative estimate of drug-likeness (QED) is 0.305. The molecule has 0 saturated carbocycles. The van der Waals surface area contributed by atoms with Crippen molar-refractivity contribution in [1.29, 1.82) is 0 Å². The summed E-state index contributed by atoms with van der Waals surface area (Å²) in [5.74, 6) is 0.00140. The average molecular weight is 516 g/mol. The summed E-state index contributed by atoms with van der Waals surface area (Å²) in [4.78, 5) is 3.80. The number of sulfonamides is 1. The molecule has 2 atom stereocenters. The Kier molecular flexibility index (Phi) is 11.3. The second-order valence-electron chi connectivity index (χ2n) is 5.94. The van der Waals surface area contributed by atoms with Crippen LogP contribution in [0.4, 0.5) is 13.2 Å². The van der Waals surface area contributed by atoms with E-state index in [4.69, 9.17) is 4.74 Å². The first kappa shape index (κ1) is 25.7. The second kappa shape index (κ2) is 11.5. The molecule has 1 heterocycles. The highest BCUT2D eigenvalue weighted by Crippen LogP contribution is 2.19. The lowest BCUT2D eigenvalue weighted by atomic mass is 10.3. The molecular formula is C14H28F3IN4O3S. The van der Waals surface area contributed by atoms with Crippen molar-refractivity contribution in [1.82, 2.24) is 14.9 Å². The Labute approximate surface area is 170 Å². The Balaban J connectivity index is 0.00000625. The van der Waals surface area contributed by atoms with Crippen LogP contribution >= 0.6 is 24.0 Å². The normalized spacial score (nSPS) is 22.6. The summed E-state index contributed by atoms with van der Waals surface area (Å²) in [6.45, 7) is 6.10. The van der Waals surface area contributed by atoms with Crippen LogP contribution in [0.15, 0.2) is 4.99 Å². The Hall–Kier alpha value is -0.340. The molecule has 1 fully saturated rings. The van der Waals surface area contributed by atoms with Gasteiger partial charge in [0.25, 0.3) is 0 Å². The monoisotopic (exact) mass is 516 g/mol. The van der Waals surface area contributed by atoms with Gasteiger partial charge in [0.05, 0.1) is 30.9 Å². The summed E-state index contributed by atoms with van der Waals surface area (Å²) >= 11 is 0. The Bertz CT molecular complexity index is 536. The maximum Gasteiger partial charge on any atom is 0.390 e. The van der Waals surface area contributed by atoms with Crippen molar-refractivity contribution >= 4 is 40.0 Å². The minimum absolute atomic E-state index is 0. The maximum atomic E-state index is 12.4. The molecule has 0 aliphatic carbocycles. The summed E-state index contributed by atoms with van der Waals surface area (Å²) in [6, 6.07) is 0. The predicted octanol–water partition coefficient (Wildman–Crippen LogP) is 1.55. The highest BCUT2D eigenvalue weighted by atomic mass is 127. The number of nitrogens with one attached hydrogen (secondary N) is 2. The van der Waals surface area contributed by atoms with Gasteiger partial charge in [-0.25, -0.2) is 8.42 Å². The molecule has 0 aromatic rings. The number of hydrogen-bond acceptors (Lipinski definition) is 4. The van der Waals surface area contributed by atoms with E-state index in [1.807, 2.05) is 13.8 Å². The van der Waals surface area contributed by atoms with E-state index >= 15 is 0 Å². The van der Waals surface area contributed by atoms with E-state index in [1.54, 1.807) is 6.92 Å². The number of morpholine rings is 1. The molecule has 0 aromatic heterocycles. The van der Waals surface area contributed by atoms with Crippen LogP contribution in [0.1, 0.15) is 27.2 Å². The highest BCUT2D eigenvalue weighted by molar-refractivity contribution is 14.0. The number of hydrogen-bond donors (Lipinski definition) is 2. The molecule has 1 aliphatic rings. The van der Waals surface area contributed by atoms with Gasteiger partial charge in [-0.05, 0) is 20.8 Å². The predicted molar refractivity (Wildman–Crippen MR) is 105 cm³/mol. The lowest BCUT2D eigenvalue weighted by Crippen LogP contribution is -2.50. The molecule has 12 heteroatoms. The van der Waals surface area contributed by atoms with Crippen LogP contribution in [0.2, 0.25) is 0 Å². The van der Waals surface area contributed by atoms with Crippen LogP contribution in [0.5, 0.6) is 0 Å². The third-order valence-corrected chi connectivity index (χ3v) is 5.25. The van der Waals surface area contributed by atoms with E-state index in [-0.39, 0.29) is 54.4 Å². The van der Waals surface area contributed by atoms with E-state index in [0.29, 0.717) is 19.6 Å². The van der Waals surface area contributed by atoms with E-state index < -0.39 is 29.2 Å². The molecule has 1 saturated heterocycles. The Morgan fingerprint density at radius 1 is 1.23 bits per heavy atom. The van der Waals surface area contributed by atoms with Crippen LogP contribution in [0, 0.1) is 0 Å². The molecule has 0 radical (unpaired) electrons. The SMILES string of the molecule is CCNC(=NCCC(F)(F)F)NCCS(=O)(=O)N1CC(C)OC(C)C1.I. The lowest BCUT2D eigenvalue weighted by molar-refractivity contribution is -0.132. The van der Waals surface area contributed by atoms with Crippen LogP contribution in [-0.4, -0.2) is 75.5 Å². The molecule has 1 aliphatic heterocycles. The van der Waals surface area contributed by atoms with Gasteiger partial charge >= 0.3 is 6.18 Å². The molecule has 0 bridgehead atoms. The van der Waals surface area contributed by atoms with Crippen molar-refractivity contribution in [3.63, 3.8) is 0 Å². The van der Waals surface area contributed by atoms with Gasteiger partial charge in [-0.15, -0.1) is 24.0 Å². The smallest absolute Gasteiger partial charge is 0.373 e. The molecule has 0 spiro atoms. The lowest BCUT2D eigenvalue weighted by Gasteiger charge is -2.34. The summed E-state index contributed by atoms with van der Waals surface area (Å²) in [6.07, 6.45) is -5.64. The molecule has 26 heavy (non-hydrogen) atoms. The van der Waals surface area contributed by atoms with Crippen molar-refractivity contribution in [2.75, 3.05) is 38.5 Å². The van der Waals surface area contributed by atoms with E-state index in [9.17, 15) is 21.6 Å². The van der Waals surface area contributed by atoms with Gasteiger partial charge in [0.2, 0.25) is 10.0 Å². The minimum atomic E-state index is -4.27. The average Bonchev–Trinajstić information content (AvgIpc) is 2.44. The fraction of sp³-hybridized carbons (Fsp3) is 0.929. The van der Waals surface area contributed by atoms with Gasteiger partial charge in [-0.1, -0.05) is 0 Å². The van der Waals surface area contributed by atoms with Crippen molar-refractivity contribution < 1.29 is 26.3 Å². The van der Waals surface area contributed by atoms with Crippen LogP contribution in [0.3, 0.4) is 0 Å². The molecule has 2 N–H and O–H groups in total. The molecule has 7 nitrogen and oxygen atoms in total.